The van der Waals surface area contributed by atoms with Crippen molar-refractivity contribution in [2.24, 2.45) is 0 Å². The highest BCUT2D eigenvalue weighted by molar-refractivity contribution is 6.29. The van der Waals surface area contributed by atoms with E-state index in [0.29, 0.717) is 0 Å². The van der Waals surface area contributed by atoms with E-state index < -0.39 is 0 Å². The highest BCUT2D eigenvalue weighted by atomic mass is 35.5. The van der Waals surface area contributed by atoms with Crippen LogP contribution in [0.2, 0.25) is 6.04 Å². The standard InChI is InChI=1S/C4H9ClSi/c1-4(5)2-3-6/h2H,3H2,1,6H3. The van der Waals surface area contributed by atoms with Crippen LogP contribution >= 0.6 is 11.6 Å². The van der Waals surface area contributed by atoms with Gasteiger partial charge in [0.25, 0.3) is 0 Å². The first-order valence-electron chi connectivity index (χ1n) is 2.09. The summed E-state index contributed by atoms with van der Waals surface area (Å²) in [7, 11) is 1.23. The summed E-state index contributed by atoms with van der Waals surface area (Å²) in [6.45, 7) is 1.90. The zero-order chi connectivity index (χ0) is 4.99. The van der Waals surface area contributed by atoms with Gasteiger partial charge >= 0.3 is 0 Å². The number of halogens is 1. The SMILES string of the molecule is CC(Cl)=CC[SiH3]. The Morgan fingerprint density at radius 3 is 2.50 bits per heavy atom. The van der Waals surface area contributed by atoms with Crippen LogP contribution in [0.25, 0.3) is 0 Å². The van der Waals surface area contributed by atoms with E-state index in [-0.39, 0.29) is 0 Å². The first-order chi connectivity index (χ1) is 2.77. The molecule has 0 saturated carbocycles. The molecular weight excluding hydrogens is 112 g/mol. The van der Waals surface area contributed by atoms with Gasteiger partial charge in [-0.25, -0.2) is 0 Å². The molecule has 0 unspecified atom stereocenters. The summed E-state index contributed by atoms with van der Waals surface area (Å²) in [5.41, 5.74) is 0. The molecule has 2 heteroatoms. The molecule has 0 amide bonds. The lowest BCUT2D eigenvalue weighted by atomic mass is 10.6. The molecule has 0 bridgehead atoms. The minimum Gasteiger partial charge on any atom is -0.0898 e. The predicted molar refractivity (Wildman–Crippen MR) is 34.4 cm³/mol. The maximum atomic E-state index is 5.46. The molecule has 0 radical (unpaired) electrons. The van der Waals surface area contributed by atoms with Gasteiger partial charge in [-0.3, -0.25) is 0 Å². The van der Waals surface area contributed by atoms with Crippen LogP contribution in [0, 0.1) is 0 Å². The van der Waals surface area contributed by atoms with E-state index in [1.54, 1.807) is 0 Å². The lowest BCUT2D eigenvalue weighted by molar-refractivity contribution is 1.58. The van der Waals surface area contributed by atoms with Crippen LogP contribution in [0.5, 0.6) is 0 Å². The number of allylic oxidation sites excluding steroid dienone is 2. The Morgan fingerprint density at radius 1 is 2.00 bits per heavy atom. The van der Waals surface area contributed by atoms with Gasteiger partial charge in [-0.05, 0) is 13.0 Å². The van der Waals surface area contributed by atoms with Gasteiger partial charge in [0.15, 0.2) is 0 Å². The summed E-state index contributed by atoms with van der Waals surface area (Å²) < 4.78 is 0. The van der Waals surface area contributed by atoms with Gasteiger partial charge in [-0.15, -0.1) is 0 Å². The van der Waals surface area contributed by atoms with E-state index in [9.17, 15) is 0 Å². The summed E-state index contributed by atoms with van der Waals surface area (Å²) in [5.74, 6) is 0. The fraction of sp³-hybridized carbons (Fsp3) is 0.500. The summed E-state index contributed by atoms with van der Waals surface area (Å²) in [6.07, 6.45) is 2.04. The zero-order valence-electron chi connectivity index (χ0n) is 4.16. The molecule has 0 aromatic heterocycles. The van der Waals surface area contributed by atoms with E-state index >= 15 is 0 Å². The van der Waals surface area contributed by atoms with Gasteiger partial charge in [0, 0.05) is 15.3 Å². The highest BCUT2D eigenvalue weighted by Crippen LogP contribution is 1.97. The average Bonchev–Trinajstić information content (AvgIpc) is 1.35. The molecule has 0 aliphatic rings. The van der Waals surface area contributed by atoms with E-state index in [1.165, 1.54) is 16.3 Å². The minimum atomic E-state index is 0.921. The highest BCUT2D eigenvalue weighted by Gasteiger charge is 1.70. The molecule has 0 nitrogen and oxygen atoms in total. The Balaban J connectivity index is 3.14. The number of hydrogen-bond acceptors (Lipinski definition) is 0. The van der Waals surface area contributed by atoms with Crippen molar-refractivity contribution in [1.82, 2.24) is 0 Å². The van der Waals surface area contributed by atoms with Crippen LogP contribution in [-0.4, -0.2) is 10.2 Å². The molecule has 0 aliphatic carbocycles. The van der Waals surface area contributed by atoms with E-state index in [0.717, 1.165) is 5.03 Å². The Kier molecular flexibility index (Phi) is 3.58. The fourth-order valence-corrected chi connectivity index (χ4v) is 1.31. The Hall–Kier alpha value is 0.247. The second kappa shape index (κ2) is 3.44. The minimum absolute atomic E-state index is 0.921. The maximum absolute atomic E-state index is 5.46. The van der Waals surface area contributed by atoms with Crippen LogP contribution in [0.4, 0.5) is 0 Å². The molecule has 36 valence electrons. The second-order valence-corrected chi connectivity index (χ2v) is 2.61. The van der Waals surface area contributed by atoms with Gasteiger partial charge in [0.1, 0.15) is 0 Å². The molecule has 0 rings (SSSR count). The first-order valence-corrected chi connectivity index (χ1v) is 3.89. The Bertz CT molecular complexity index is 54.6. The Morgan fingerprint density at radius 2 is 2.50 bits per heavy atom. The zero-order valence-corrected chi connectivity index (χ0v) is 6.92. The first kappa shape index (κ1) is 6.25. The molecule has 0 fully saturated rings. The third kappa shape index (κ3) is 4.25. The molecular formula is C4H9ClSi. The van der Waals surface area contributed by atoms with E-state index in [2.05, 4.69) is 0 Å². The average molecular weight is 121 g/mol. The Labute approximate surface area is 46.6 Å². The third-order valence-corrected chi connectivity index (χ3v) is 1.05. The number of hydrogen-bond donors (Lipinski definition) is 0. The molecule has 0 aromatic rings. The second-order valence-electron chi connectivity index (χ2n) is 1.20. The summed E-state index contributed by atoms with van der Waals surface area (Å²) in [4.78, 5) is 0. The van der Waals surface area contributed by atoms with E-state index in [4.69, 9.17) is 11.6 Å². The topological polar surface area (TPSA) is 0 Å². The van der Waals surface area contributed by atoms with E-state index in [1.807, 2.05) is 13.0 Å². The predicted octanol–water partition coefficient (Wildman–Crippen LogP) is 0.913. The maximum Gasteiger partial charge on any atom is 0.0107 e. The van der Waals surface area contributed by atoms with Crippen molar-refractivity contribution >= 4 is 21.8 Å². The van der Waals surface area contributed by atoms with Crippen molar-refractivity contribution in [2.75, 3.05) is 0 Å². The van der Waals surface area contributed by atoms with Gasteiger partial charge in [-0.1, -0.05) is 17.7 Å². The van der Waals surface area contributed by atoms with Crippen molar-refractivity contribution in [3.8, 4) is 0 Å². The van der Waals surface area contributed by atoms with Crippen molar-refractivity contribution in [2.45, 2.75) is 13.0 Å². The van der Waals surface area contributed by atoms with Crippen LogP contribution in [0.1, 0.15) is 6.92 Å². The summed E-state index contributed by atoms with van der Waals surface area (Å²) >= 11 is 5.46. The molecule has 0 N–H and O–H groups in total. The van der Waals surface area contributed by atoms with Gasteiger partial charge in [-0.2, -0.15) is 0 Å². The summed E-state index contributed by atoms with van der Waals surface area (Å²) in [5, 5.41) is 0.921. The molecule has 0 spiro atoms. The molecule has 0 saturated heterocycles. The van der Waals surface area contributed by atoms with Gasteiger partial charge in [0.2, 0.25) is 0 Å². The molecule has 6 heavy (non-hydrogen) atoms. The van der Waals surface area contributed by atoms with Gasteiger partial charge < -0.3 is 0 Å². The van der Waals surface area contributed by atoms with Crippen molar-refractivity contribution in [3.05, 3.63) is 11.1 Å². The van der Waals surface area contributed by atoms with Crippen LogP contribution < -0.4 is 0 Å². The van der Waals surface area contributed by atoms with Crippen molar-refractivity contribution in [3.63, 3.8) is 0 Å². The molecule has 0 atom stereocenters. The fourth-order valence-electron chi connectivity index (χ4n) is 0.281. The lowest BCUT2D eigenvalue weighted by Crippen LogP contribution is -1.58. The van der Waals surface area contributed by atoms with Crippen molar-refractivity contribution < 1.29 is 0 Å². The molecule has 0 aromatic carbocycles. The normalized spacial score (nSPS) is 12.7. The van der Waals surface area contributed by atoms with Crippen LogP contribution in [0.15, 0.2) is 11.1 Å². The number of rotatable bonds is 1. The van der Waals surface area contributed by atoms with Gasteiger partial charge in [0.05, 0.1) is 0 Å². The summed E-state index contributed by atoms with van der Waals surface area (Å²) in [6, 6.07) is 1.18. The van der Waals surface area contributed by atoms with Crippen LogP contribution in [0.3, 0.4) is 0 Å². The molecule has 0 heterocycles. The molecule has 0 aliphatic heterocycles. The monoisotopic (exact) mass is 120 g/mol. The third-order valence-electron chi connectivity index (χ3n) is 0.485. The smallest absolute Gasteiger partial charge is 0.0107 e. The van der Waals surface area contributed by atoms with Crippen LogP contribution in [-0.2, 0) is 0 Å². The van der Waals surface area contributed by atoms with Crippen molar-refractivity contribution in [1.29, 1.82) is 0 Å². The largest absolute Gasteiger partial charge is 0.0898 e. The lowest BCUT2D eigenvalue weighted by Gasteiger charge is -1.77. The quantitative estimate of drug-likeness (QED) is 0.452.